The van der Waals surface area contributed by atoms with Crippen molar-refractivity contribution >= 4 is 40.5 Å². The van der Waals surface area contributed by atoms with Gasteiger partial charge in [-0.1, -0.05) is 17.7 Å². The lowest BCUT2D eigenvalue weighted by Gasteiger charge is -2.11. The maximum Gasteiger partial charge on any atom is 0.262 e. The van der Waals surface area contributed by atoms with Crippen molar-refractivity contribution in [1.29, 1.82) is 0 Å². The van der Waals surface area contributed by atoms with E-state index in [1.54, 1.807) is 24.3 Å². The van der Waals surface area contributed by atoms with Gasteiger partial charge in [-0.2, -0.15) is 0 Å². The van der Waals surface area contributed by atoms with Gasteiger partial charge in [-0.3, -0.25) is 9.59 Å². The molecule has 0 spiro atoms. The number of rotatable bonds is 5. The zero-order valence-corrected chi connectivity index (χ0v) is 15.7. The number of aryl methyl sites for hydroxylation is 2. The third-order valence-electron chi connectivity index (χ3n) is 3.41. The van der Waals surface area contributed by atoms with Gasteiger partial charge in [-0.15, -0.1) is 0 Å². The Morgan fingerprint density at radius 1 is 1.00 bits per heavy atom. The maximum atomic E-state index is 12.0. The van der Waals surface area contributed by atoms with Gasteiger partial charge in [0.05, 0.1) is 0 Å². The molecule has 6 nitrogen and oxygen atoms in total. The summed E-state index contributed by atoms with van der Waals surface area (Å²) in [6.45, 7) is 5.26. The third-order valence-corrected chi connectivity index (χ3v) is 3.61. The number of ether oxygens (including phenoxy) is 1. The van der Waals surface area contributed by atoms with Crippen molar-refractivity contribution in [3.8, 4) is 5.75 Å². The molecule has 26 heavy (non-hydrogen) atoms. The van der Waals surface area contributed by atoms with E-state index in [2.05, 4.69) is 16.0 Å². The molecule has 0 heterocycles. The van der Waals surface area contributed by atoms with E-state index < -0.39 is 0 Å². The Hall–Kier alpha value is -2.93. The molecular formula is C19H21N3O3S. The number of amides is 2. The Kier molecular flexibility index (Phi) is 6.68. The molecule has 0 saturated carbocycles. The summed E-state index contributed by atoms with van der Waals surface area (Å²) < 4.78 is 5.56. The van der Waals surface area contributed by atoms with Gasteiger partial charge in [0.1, 0.15) is 5.75 Å². The molecule has 0 unspecified atom stereocenters. The minimum Gasteiger partial charge on any atom is -0.483 e. The van der Waals surface area contributed by atoms with Gasteiger partial charge in [0.2, 0.25) is 5.91 Å². The highest BCUT2D eigenvalue weighted by Gasteiger charge is 2.06. The highest BCUT2D eigenvalue weighted by atomic mass is 32.1. The largest absolute Gasteiger partial charge is 0.483 e. The maximum absolute atomic E-state index is 12.0. The first kappa shape index (κ1) is 19.4. The fourth-order valence-electron chi connectivity index (χ4n) is 2.26. The Morgan fingerprint density at radius 3 is 2.19 bits per heavy atom. The van der Waals surface area contributed by atoms with Gasteiger partial charge in [0.15, 0.2) is 11.7 Å². The van der Waals surface area contributed by atoms with Crippen LogP contribution in [0.1, 0.15) is 18.1 Å². The van der Waals surface area contributed by atoms with Crippen molar-refractivity contribution in [2.45, 2.75) is 20.8 Å². The number of nitrogens with one attached hydrogen (secondary N) is 3. The molecule has 3 N–H and O–H groups in total. The van der Waals surface area contributed by atoms with E-state index in [0.717, 1.165) is 11.1 Å². The predicted molar refractivity (Wildman–Crippen MR) is 107 cm³/mol. The van der Waals surface area contributed by atoms with E-state index in [-0.39, 0.29) is 23.5 Å². The van der Waals surface area contributed by atoms with Crippen molar-refractivity contribution in [3.63, 3.8) is 0 Å². The first-order valence-corrected chi connectivity index (χ1v) is 8.43. The van der Waals surface area contributed by atoms with Crippen LogP contribution in [0.5, 0.6) is 5.75 Å². The molecule has 0 bridgehead atoms. The molecule has 0 aliphatic carbocycles. The highest BCUT2D eigenvalue weighted by Crippen LogP contribution is 2.19. The van der Waals surface area contributed by atoms with Crippen LogP contribution in [0, 0.1) is 13.8 Å². The van der Waals surface area contributed by atoms with Crippen molar-refractivity contribution in [1.82, 2.24) is 5.32 Å². The molecule has 2 rings (SSSR count). The zero-order chi connectivity index (χ0) is 19.1. The summed E-state index contributed by atoms with van der Waals surface area (Å²) >= 11 is 4.99. The van der Waals surface area contributed by atoms with Crippen LogP contribution in [-0.4, -0.2) is 23.5 Å². The lowest BCUT2D eigenvalue weighted by atomic mass is 10.1. The molecule has 0 radical (unpaired) electrons. The zero-order valence-electron chi connectivity index (χ0n) is 14.9. The van der Waals surface area contributed by atoms with Gasteiger partial charge in [0.25, 0.3) is 5.91 Å². The van der Waals surface area contributed by atoms with E-state index in [0.29, 0.717) is 17.1 Å². The molecule has 2 amide bonds. The average Bonchev–Trinajstić information content (AvgIpc) is 2.55. The fourth-order valence-corrected chi connectivity index (χ4v) is 2.52. The predicted octanol–water partition coefficient (Wildman–Crippen LogP) is 3.15. The number of benzene rings is 2. The summed E-state index contributed by atoms with van der Waals surface area (Å²) in [5.74, 6) is 0.200. The van der Waals surface area contributed by atoms with Gasteiger partial charge < -0.3 is 20.7 Å². The minimum absolute atomic E-state index is 0.0729. The summed E-state index contributed by atoms with van der Waals surface area (Å²) in [4.78, 5) is 23.0. The van der Waals surface area contributed by atoms with Crippen LogP contribution in [0.2, 0.25) is 0 Å². The lowest BCUT2D eigenvalue weighted by Crippen LogP contribution is -2.32. The highest BCUT2D eigenvalue weighted by molar-refractivity contribution is 7.80. The first-order valence-electron chi connectivity index (χ1n) is 8.02. The number of carbonyl (C=O) groups excluding carboxylic acids is 2. The second kappa shape index (κ2) is 8.96. The fraction of sp³-hybridized carbons (Fsp3) is 0.211. The topological polar surface area (TPSA) is 79.5 Å². The van der Waals surface area contributed by atoms with E-state index in [1.165, 1.54) is 6.92 Å². The van der Waals surface area contributed by atoms with Crippen molar-refractivity contribution < 1.29 is 14.3 Å². The second-order valence-corrected chi connectivity index (χ2v) is 6.23. The minimum atomic E-state index is -0.251. The van der Waals surface area contributed by atoms with Crippen LogP contribution in [0.15, 0.2) is 42.5 Å². The number of thiocarbonyl (C=S) groups is 1. The van der Waals surface area contributed by atoms with Crippen LogP contribution in [0.3, 0.4) is 0 Å². The average molecular weight is 371 g/mol. The Labute approximate surface area is 157 Å². The van der Waals surface area contributed by atoms with Crippen LogP contribution in [0.25, 0.3) is 0 Å². The summed E-state index contributed by atoms with van der Waals surface area (Å²) in [5.41, 5.74) is 3.47. The van der Waals surface area contributed by atoms with E-state index >= 15 is 0 Å². The molecule has 0 aliphatic rings. The number of anilines is 2. The lowest BCUT2D eigenvalue weighted by molar-refractivity contribution is -0.118. The van der Waals surface area contributed by atoms with Gasteiger partial charge in [-0.05, 0) is 62.0 Å². The summed E-state index contributed by atoms with van der Waals surface area (Å²) in [6, 6.07) is 12.8. The van der Waals surface area contributed by atoms with Gasteiger partial charge in [0, 0.05) is 18.3 Å². The molecule has 0 saturated heterocycles. The smallest absolute Gasteiger partial charge is 0.262 e. The standard InChI is InChI=1S/C19H21N3O3S/c1-12-4-9-17(13(2)10-12)25-11-18(24)21-15-5-7-16(8-6-15)22-19(26)20-14(3)23/h4-10H,11H2,1-3H3,(H,21,24)(H2,20,22,23,26). The van der Waals surface area contributed by atoms with Crippen molar-refractivity contribution in [2.24, 2.45) is 0 Å². The van der Waals surface area contributed by atoms with E-state index in [1.807, 2.05) is 32.0 Å². The first-order chi connectivity index (χ1) is 12.3. The van der Waals surface area contributed by atoms with Crippen LogP contribution < -0.4 is 20.7 Å². The Bertz CT molecular complexity index is 819. The molecule has 136 valence electrons. The molecular weight excluding hydrogens is 350 g/mol. The van der Waals surface area contributed by atoms with Gasteiger partial charge >= 0.3 is 0 Å². The molecule has 2 aromatic rings. The summed E-state index contributed by atoms with van der Waals surface area (Å²) in [6.07, 6.45) is 0. The molecule has 2 aromatic carbocycles. The van der Waals surface area contributed by atoms with Crippen molar-refractivity contribution in [2.75, 3.05) is 17.2 Å². The summed E-state index contributed by atoms with van der Waals surface area (Å²) in [7, 11) is 0. The van der Waals surface area contributed by atoms with Crippen molar-refractivity contribution in [3.05, 3.63) is 53.6 Å². The van der Waals surface area contributed by atoms with Crippen LogP contribution in [-0.2, 0) is 9.59 Å². The Morgan fingerprint density at radius 2 is 1.62 bits per heavy atom. The van der Waals surface area contributed by atoms with Crippen LogP contribution >= 0.6 is 12.2 Å². The normalized spacial score (nSPS) is 9.96. The number of carbonyl (C=O) groups is 2. The van der Waals surface area contributed by atoms with E-state index in [4.69, 9.17) is 17.0 Å². The monoisotopic (exact) mass is 371 g/mol. The van der Waals surface area contributed by atoms with Crippen LogP contribution in [0.4, 0.5) is 11.4 Å². The molecule has 0 atom stereocenters. The quantitative estimate of drug-likeness (QED) is 0.704. The molecule has 7 heteroatoms. The molecule has 0 fully saturated rings. The number of hydrogen-bond donors (Lipinski definition) is 3. The number of hydrogen-bond acceptors (Lipinski definition) is 4. The molecule has 0 aliphatic heterocycles. The van der Waals surface area contributed by atoms with E-state index in [9.17, 15) is 9.59 Å². The van der Waals surface area contributed by atoms with Gasteiger partial charge in [-0.25, -0.2) is 0 Å². The third kappa shape index (κ3) is 6.18. The Balaban J connectivity index is 1.85. The SMILES string of the molecule is CC(=O)NC(=S)Nc1ccc(NC(=O)COc2ccc(C)cc2C)cc1. The second-order valence-electron chi connectivity index (χ2n) is 5.82. The molecule has 0 aromatic heterocycles. The summed E-state index contributed by atoms with van der Waals surface area (Å²) in [5, 5.41) is 8.33.